The molecule has 4 N–H and O–H groups in total. The zero-order valence-electron chi connectivity index (χ0n) is 40.9. The van der Waals surface area contributed by atoms with Crippen LogP contribution in [-0.2, 0) is 21.8 Å². The standard InChI is InChI=1S/C27H26F3N5O4.C24H22F3N5O4/c1-15-16(2)24-31-12-20(35(24)34-23(15)18-8-5-6-9-19(18)27(28,29)30)25(36)33-21-10-7-11-22(32-21)37-13-17-14-38-26(3,4)39-17;1-13-14(2)22-28-10-18(23(35)30-19-8-5-9-20(29-19)36-12-15(34)11-33)32(22)31-21(13)16-6-3-4-7-17(16)24(25,26)27/h5-12,17H,13-14H2,1-4H3,(H,32,33,36);3-10,15,33-34H,11-12H2,1-2H3,(H,29,30,35)/t17-;15-/m01/s1. The Kier molecular flexibility index (Phi) is 15.2. The summed E-state index contributed by atoms with van der Waals surface area (Å²) < 4.78 is 107. The number of alkyl halides is 6. The number of rotatable bonds is 13. The molecule has 1 aliphatic rings. The molecule has 75 heavy (non-hydrogen) atoms. The number of aromatic nitrogens is 8. The number of nitrogens with zero attached hydrogens (tertiary/aromatic N) is 8. The Morgan fingerprint density at radius 2 is 1.15 bits per heavy atom. The van der Waals surface area contributed by atoms with Crippen molar-refractivity contribution in [2.24, 2.45) is 0 Å². The molecular weight excluding hydrogens is 995 g/mol. The van der Waals surface area contributed by atoms with E-state index in [0.717, 1.165) is 12.1 Å². The molecule has 1 fully saturated rings. The number of pyridine rings is 2. The average Bonchev–Trinajstić information content (AvgIpc) is 4.11. The number of aliphatic hydroxyl groups is 2. The van der Waals surface area contributed by atoms with Gasteiger partial charge in [-0.05, 0) is 88.1 Å². The lowest BCUT2D eigenvalue weighted by Crippen LogP contribution is -2.25. The van der Waals surface area contributed by atoms with E-state index < -0.39 is 53.8 Å². The number of benzene rings is 2. The highest BCUT2D eigenvalue weighted by molar-refractivity contribution is 6.03. The lowest BCUT2D eigenvalue weighted by molar-refractivity contribution is -0.141. The van der Waals surface area contributed by atoms with Gasteiger partial charge in [-0.25, -0.2) is 19.0 Å². The summed E-state index contributed by atoms with van der Waals surface area (Å²) in [5.41, 5.74) is 1.27. The van der Waals surface area contributed by atoms with Crippen molar-refractivity contribution >= 4 is 34.7 Å². The minimum atomic E-state index is -4.59. The molecule has 0 bridgehead atoms. The van der Waals surface area contributed by atoms with Gasteiger partial charge in [0, 0.05) is 23.3 Å². The van der Waals surface area contributed by atoms with E-state index in [1.807, 2.05) is 13.8 Å². The number of fused-ring (bicyclic) bond motifs is 2. The van der Waals surface area contributed by atoms with Crippen LogP contribution in [0.3, 0.4) is 0 Å². The Morgan fingerprint density at radius 1 is 0.693 bits per heavy atom. The molecule has 7 heterocycles. The molecule has 0 aliphatic carbocycles. The van der Waals surface area contributed by atoms with E-state index in [4.69, 9.17) is 24.1 Å². The number of halogens is 6. The fraction of sp³-hybridized carbons (Fsp3) is 0.294. The molecular formula is C51H48F6N10O8. The van der Waals surface area contributed by atoms with Crippen LogP contribution in [-0.4, -0.2) is 106 Å². The molecule has 1 saturated heterocycles. The Balaban J connectivity index is 0.000000200. The van der Waals surface area contributed by atoms with Crippen molar-refractivity contribution < 1.29 is 65.1 Å². The van der Waals surface area contributed by atoms with Gasteiger partial charge in [-0.2, -0.15) is 46.5 Å². The highest BCUT2D eigenvalue weighted by Gasteiger charge is 2.37. The lowest BCUT2D eigenvalue weighted by Gasteiger charge is -2.17. The van der Waals surface area contributed by atoms with Crippen molar-refractivity contribution in [2.75, 3.05) is 37.1 Å². The van der Waals surface area contributed by atoms with Crippen molar-refractivity contribution in [1.29, 1.82) is 0 Å². The second kappa shape index (κ2) is 21.4. The van der Waals surface area contributed by atoms with E-state index in [2.05, 4.69) is 40.8 Å². The quantitative estimate of drug-likeness (QED) is 0.0795. The van der Waals surface area contributed by atoms with Gasteiger partial charge in [0.1, 0.15) is 37.1 Å². The van der Waals surface area contributed by atoms with Crippen molar-refractivity contribution in [3.63, 3.8) is 0 Å². The maximum atomic E-state index is 13.7. The number of anilines is 2. The molecule has 1 aliphatic heterocycles. The SMILES string of the molecule is Cc1c(-c2ccccc2C(F)(F)F)nn2c(C(=O)Nc3cccc(OC[C@H](O)CO)n3)cnc2c1C.Cc1c(-c2ccccc2C(F)(F)F)nn2c(C(=O)Nc3cccc(OC[C@H]4COC(C)(C)O4)n3)cnc2c1C. The number of aryl methyl sites for hydroxylation is 2. The number of nitrogens with one attached hydrogen (secondary N) is 2. The second-order valence-electron chi connectivity index (χ2n) is 17.6. The predicted molar refractivity (Wildman–Crippen MR) is 259 cm³/mol. The summed E-state index contributed by atoms with van der Waals surface area (Å²) >= 11 is 0. The average molecular weight is 1040 g/mol. The van der Waals surface area contributed by atoms with Crippen LogP contribution in [0.25, 0.3) is 33.8 Å². The predicted octanol–water partition coefficient (Wildman–Crippen LogP) is 8.62. The topological polar surface area (TPSA) is 222 Å². The van der Waals surface area contributed by atoms with E-state index >= 15 is 0 Å². The molecule has 0 saturated carbocycles. The fourth-order valence-corrected chi connectivity index (χ4v) is 7.89. The normalized spacial score (nSPS) is 14.8. The molecule has 2 aromatic carbocycles. The van der Waals surface area contributed by atoms with Crippen molar-refractivity contribution in [1.82, 2.24) is 39.2 Å². The van der Waals surface area contributed by atoms with Gasteiger partial charge in [-0.1, -0.05) is 48.5 Å². The monoisotopic (exact) mass is 1040 g/mol. The number of amides is 2. The maximum Gasteiger partial charge on any atom is 0.417 e. The van der Waals surface area contributed by atoms with Gasteiger partial charge in [-0.15, -0.1) is 0 Å². The molecule has 8 aromatic rings. The first-order chi connectivity index (χ1) is 35.5. The van der Waals surface area contributed by atoms with Crippen LogP contribution < -0.4 is 20.1 Å². The Morgan fingerprint density at radius 3 is 1.57 bits per heavy atom. The Bertz CT molecular complexity index is 3420. The number of carbonyl (C=O) groups excluding carboxylic acids is 2. The number of carbonyl (C=O) groups is 2. The second-order valence-corrected chi connectivity index (χ2v) is 17.6. The summed E-state index contributed by atoms with van der Waals surface area (Å²) in [6.07, 6.45) is -7.90. The first-order valence-electron chi connectivity index (χ1n) is 23.0. The van der Waals surface area contributed by atoms with Gasteiger partial charge in [-0.3, -0.25) is 9.59 Å². The van der Waals surface area contributed by atoms with Crippen molar-refractivity contribution in [2.45, 2.75) is 71.9 Å². The smallest absolute Gasteiger partial charge is 0.417 e. The summed E-state index contributed by atoms with van der Waals surface area (Å²) in [7, 11) is 0. The van der Waals surface area contributed by atoms with Crippen LogP contribution >= 0.6 is 0 Å². The molecule has 0 spiro atoms. The number of hydrogen-bond donors (Lipinski definition) is 4. The fourth-order valence-electron chi connectivity index (χ4n) is 7.89. The summed E-state index contributed by atoms with van der Waals surface area (Å²) in [4.78, 5) is 43.2. The van der Waals surface area contributed by atoms with Crippen molar-refractivity contribution in [3.05, 3.63) is 142 Å². The third kappa shape index (κ3) is 11.8. The largest absolute Gasteiger partial charge is 0.475 e. The third-order valence-corrected chi connectivity index (χ3v) is 11.9. The summed E-state index contributed by atoms with van der Waals surface area (Å²) in [5.74, 6) is -1.20. The molecule has 2 amide bonds. The summed E-state index contributed by atoms with van der Waals surface area (Å²) in [6, 6.07) is 19.8. The van der Waals surface area contributed by atoms with E-state index in [1.54, 1.807) is 52.0 Å². The van der Waals surface area contributed by atoms with Gasteiger partial charge in [0.15, 0.2) is 28.5 Å². The lowest BCUT2D eigenvalue weighted by atomic mass is 9.99. The third-order valence-electron chi connectivity index (χ3n) is 11.9. The number of hydrogen-bond acceptors (Lipinski definition) is 14. The van der Waals surface area contributed by atoms with Crippen molar-refractivity contribution in [3.8, 4) is 34.3 Å². The van der Waals surface area contributed by atoms with E-state index in [-0.39, 0.29) is 76.6 Å². The van der Waals surface area contributed by atoms with Crippen LogP contribution in [0.2, 0.25) is 0 Å². The maximum absolute atomic E-state index is 13.7. The summed E-state index contributed by atoms with van der Waals surface area (Å²) in [6.45, 7) is 10.3. The summed E-state index contributed by atoms with van der Waals surface area (Å²) in [5, 5.41) is 32.4. The molecule has 24 heteroatoms. The van der Waals surface area contributed by atoms with Crippen LogP contribution in [0.15, 0.2) is 97.3 Å². The Hall–Kier alpha value is -8.06. The molecule has 0 unspecified atom stereocenters. The van der Waals surface area contributed by atoms with Crippen LogP contribution in [0.4, 0.5) is 38.0 Å². The highest BCUT2D eigenvalue weighted by atomic mass is 19.4. The highest BCUT2D eigenvalue weighted by Crippen LogP contribution is 2.40. The number of aliphatic hydroxyl groups excluding tert-OH is 2. The minimum absolute atomic E-state index is 0.0114. The molecule has 2 atom stereocenters. The van der Waals surface area contributed by atoms with E-state index in [1.165, 1.54) is 70.0 Å². The molecule has 0 radical (unpaired) electrons. The zero-order valence-corrected chi connectivity index (χ0v) is 40.9. The van der Waals surface area contributed by atoms with Crippen LogP contribution in [0, 0.1) is 27.7 Å². The first kappa shape index (κ1) is 53.2. The van der Waals surface area contributed by atoms with Gasteiger partial charge >= 0.3 is 12.4 Å². The molecule has 6 aromatic heterocycles. The van der Waals surface area contributed by atoms with Gasteiger partial charge in [0.25, 0.3) is 11.8 Å². The molecule has 18 nitrogen and oxygen atoms in total. The zero-order chi connectivity index (χ0) is 54.0. The van der Waals surface area contributed by atoms with E-state index in [0.29, 0.717) is 40.2 Å². The van der Waals surface area contributed by atoms with Crippen LogP contribution in [0.5, 0.6) is 11.8 Å². The Labute approximate surface area is 423 Å². The molecule has 9 rings (SSSR count). The molecule has 392 valence electrons. The van der Waals surface area contributed by atoms with Gasteiger partial charge in [0.05, 0.1) is 48.1 Å². The first-order valence-corrected chi connectivity index (χ1v) is 23.0. The van der Waals surface area contributed by atoms with Gasteiger partial charge < -0.3 is 39.8 Å². The van der Waals surface area contributed by atoms with E-state index in [9.17, 15) is 41.0 Å². The van der Waals surface area contributed by atoms with Crippen LogP contribution in [0.1, 0.15) is 68.2 Å². The minimum Gasteiger partial charge on any atom is -0.475 e. The number of imidazole rings is 2. The van der Waals surface area contributed by atoms with Gasteiger partial charge in [0.2, 0.25) is 11.8 Å². The number of ether oxygens (including phenoxy) is 4.